The summed E-state index contributed by atoms with van der Waals surface area (Å²) in [5, 5.41) is 0. The van der Waals surface area contributed by atoms with E-state index >= 15 is 0 Å². The number of hydrogen-bond donors (Lipinski definition) is 1. The Hall–Kier alpha value is -4.68. The molecule has 0 saturated carbocycles. The van der Waals surface area contributed by atoms with Gasteiger partial charge in [0.2, 0.25) is 5.41 Å². The molecule has 2 aliphatic rings. The third kappa shape index (κ3) is 3.76. The van der Waals surface area contributed by atoms with Gasteiger partial charge in [0.1, 0.15) is 0 Å². The number of nitrogens with two attached hydrogens (primary N) is 1. The molecule has 0 unspecified atom stereocenters. The number of anilines is 2. The van der Waals surface area contributed by atoms with Crippen molar-refractivity contribution in [1.29, 1.82) is 0 Å². The molecule has 3 aromatic carbocycles. The van der Waals surface area contributed by atoms with Gasteiger partial charge >= 0.3 is 12.4 Å². The summed E-state index contributed by atoms with van der Waals surface area (Å²) in [5.41, 5.74) is -0.838. The molecule has 0 spiro atoms. The van der Waals surface area contributed by atoms with Crippen molar-refractivity contribution >= 4 is 35.0 Å². The summed E-state index contributed by atoms with van der Waals surface area (Å²) >= 11 is 0. The number of carbonyl (C=O) groups is 4. The first kappa shape index (κ1) is 29.8. The van der Waals surface area contributed by atoms with E-state index in [9.17, 15) is 45.5 Å². The van der Waals surface area contributed by atoms with E-state index in [-0.39, 0.29) is 16.8 Å². The molecule has 43 heavy (non-hydrogen) atoms. The van der Waals surface area contributed by atoms with Crippen LogP contribution in [0.15, 0.2) is 36.4 Å². The van der Waals surface area contributed by atoms with Crippen LogP contribution in [0.5, 0.6) is 0 Å². The molecule has 224 valence electrons. The lowest BCUT2D eigenvalue weighted by Crippen LogP contribution is -2.55. The number of fused-ring (bicyclic) bond motifs is 2. The van der Waals surface area contributed by atoms with E-state index in [4.69, 9.17) is 5.73 Å². The third-order valence-electron chi connectivity index (χ3n) is 8.56. The van der Waals surface area contributed by atoms with E-state index in [1.54, 1.807) is 27.7 Å². The van der Waals surface area contributed by atoms with Gasteiger partial charge in [0.25, 0.3) is 23.6 Å². The zero-order chi connectivity index (χ0) is 32.1. The lowest BCUT2D eigenvalue weighted by atomic mass is 9.71. The molecule has 3 aromatic rings. The lowest BCUT2D eigenvalue weighted by molar-refractivity contribution is -0.288. The Balaban J connectivity index is 1.76. The monoisotopic (exact) mass is 603 g/mol. The van der Waals surface area contributed by atoms with Crippen LogP contribution in [0.25, 0.3) is 0 Å². The molecule has 2 heterocycles. The van der Waals surface area contributed by atoms with Crippen LogP contribution in [0.3, 0.4) is 0 Å². The van der Waals surface area contributed by atoms with Crippen LogP contribution in [0.4, 0.5) is 37.7 Å². The van der Waals surface area contributed by atoms with Crippen molar-refractivity contribution in [3.05, 3.63) is 92.0 Å². The Morgan fingerprint density at radius 3 is 1.40 bits per heavy atom. The van der Waals surface area contributed by atoms with Crippen molar-refractivity contribution in [2.24, 2.45) is 0 Å². The summed E-state index contributed by atoms with van der Waals surface area (Å²) in [5.74, 6) is -3.97. The number of alkyl halides is 6. The van der Waals surface area contributed by atoms with Crippen LogP contribution in [0, 0.1) is 27.7 Å². The second-order valence-electron chi connectivity index (χ2n) is 10.6. The van der Waals surface area contributed by atoms with E-state index < -0.39 is 63.7 Å². The first-order valence-corrected chi connectivity index (χ1v) is 12.8. The van der Waals surface area contributed by atoms with Crippen LogP contribution in [-0.4, -0.2) is 47.9 Å². The summed E-state index contributed by atoms with van der Waals surface area (Å²) in [6.07, 6.45) is -12.1. The van der Waals surface area contributed by atoms with Crippen molar-refractivity contribution in [2.75, 3.05) is 17.7 Å². The van der Waals surface area contributed by atoms with Crippen molar-refractivity contribution in [3.63, 3.8) is 0 Å². The molecule has 5 rings (SSSR count). The molecule has 2 aliphatic heterocycles. The van der Waals surface area contributed by atoms with Crippen molar-refractivity contribution in [3.8, 4) is 0 Å². The summed E-state index contributed by atoms with van der Waals surface area (Å²) in [7, 11) is 1.05. The number of nitrogen functional groups attached to an aromatic ring is 1. The highest BCUT2D eigenvalue weighted by Crippen LogP contribution is 2.57. The van der Waals surface area contributed by atoms with E-state index in [1.165, 1.54) is 0 Å². The van der Waals surface area contributed by atoms with Gasteiger partial charge in [-0.2, -0.15) is 26.3 Å². The van der Waals surface area contributed by atoms with E-state index in [0.717, 1.165) is 24.1 Å². The fraction of sp³-hybridized carbons (Fsp3) is 0.267. The van der Waals surface area contributed by atoms with Crippen LogP contribution in [0.2, 0.25) is 0 Å². The van der Waals surface area contributed by atoms with Gasteiger partial charge in [0, 0.05) is 12.7 Å². The van der Waals surface area contributed by atoms with Gasteiger partial charge in [0.15, 0.2) is 0 Å². The van der Waals surface area contributed by atoms with Crippen LogP contribution in [0.1, 0.15) is 74.8 Å². The molecule has 0 bridgehead atoms. The average molecular weight is 604 g/mol. The predicted molar refractivity (Wildman–Crippen MR) is 143 cm³/mol. The van der Waals surface area contributed by atoms with Crippen LogP contribution >= 0.6 is 0 Å². The van der Waals surface area contributed by atoms with Gasteiger partial charge < -0.3 is 5.73 Å². The minimum Gasteiger partial charge on any atom is -0.398 e. The minimum atomic E-state index is -6.05. The van der Waals surface area contributed by atoms with Gasteiger partial charge in [-0.15, -0.1) is 0 Å². The Morgan fingerprint density at radius 2 is 0.953 bits per heavy atom. The number of benzene rings is 3. The maximum absolute atomic E-state index is 14.9. The smallest absolute Gasteiger partial charge is 0.398 e. The maximum atomic E-state index is 14.9. The number of imide groups is 2. The second-order valence-corrected chi connectivity index (χ2v) is 10.6. The highest BCUT2D eigenvalue weighted by molar-refractivity contribution is 6.35. The Morgan fingerprint density at radius 1 is 0.581 bits per heavy atom. The Kier molecular flexibility index (Phi) is 6.35. The maximum Gasteiger partial charge on any atom is 0.411 e. The van der Waals surface area contributed by atoms with Crippen molar-refractivity contribution < 1.29 is 45.5 Å². The molecule has 0 aliphatic carbocycles. The van der Waals surface area contributed by atoms with E-state index in [0.29, 0.717) is 57.1 Å². The number of amides is 4. The van der Waals surface area contributed by atoms with Crippen molar-refractivity contribution in [1.82, 2.24) is 4.90 Å². The molecule has 2 N–H and O–H groups in total. The topological polar surface area (TPSA) is 101 Å². The molecular weight excluding hydrogens is 580 g/mol. The van der Waals surface area contributed by atoms with Crippen LogP contribution < -0.4 is 10.6 Å². The highest BCUT2D eigenvalue weighted by atomic mass is 19.4. The second kappa shape index (κ2) is 9.16. The minimum absolute atomic E-state index is 0.140. The number of hydrogen-bond acceptors (Lipinski definition) is 5. The Labute approximate surface area is 240 Å². The average Bonchev–Trinajstić information content (AvgIpc) is 3.29. The molecular formula is C30H23F6N3O4. The predicted octanol–water partition coefficient (Wildman–Crippen LogP) is 5.94. The molecule has 0 radical (unpaired) electrons. The summed E-state index contributed by atoms with van der Waals surface area (Å²) in [6, 6.07) is 3.31. The van der Waals surface area contributed by atoms with Gasteiger partial charge in [-0.1, -0.05) is 12.1 Å². The van der Waals surface area contributed by atoms with Gasteiger partial charge in [-0.05, 0) is 85.3 Å². The molecule has 7 nitrogen and oxygen atoms in total. The molecule has 4 amide bonds. The molecule has 0 fully saturated rings. The van der Waals surface area contributed by atoms with Gasteiger partial charge in [-0.3, -0.25) is 24.1 Å². The fourth-order valence-corrected chi connectivity index (χ4v) is 5.91. The lowest BCUT2D eigenvalue weighted by Gasteiger charge is -2.38. The summed E-state index contributed by atoms with van der Waals surface area (Å²) < 4.78 is 89.3. The normalized spacial score (nSPS) is 15.5. The number of halogens is 6. The summed E-state index contributed by atoms with van der Waals surface area (Å²) in [6.45, 7) is 6.51. The first-order valence-electron chi connectivity index (χ1n) is 12.8. The SMILES string of the molecule is Cc1c(C)c(N2C(=O)c3ccc(C(c4ccc5c(c4)C(=O)N(C)C5=O)(C(F)(F)F)C(F)(F)F)cc3C2=O)c(C)c(C)c1N. The fourth-order valence-electron chi connectivity index (χ4n) is 5.91. The zero-order valence-electron chi connectivity index (χ0n) is 23.3. The van der Waals surface area contributed by atoms with Gasteiger partial charge in [-0.25, -0.2) is 4.90 Å². The highest BCUT2D eigenvalue weighted by Gasteiger charge is 2.73. The number of nitrogens with zero attached hydrogens (tertiary/aromatic N) is 2. The van der Waals surface area contributed by atoms with Gasteiger partial charge in [0.05, 0.1) is 27.9 Å². The van der Waals surface area contributed by atoms with E-state index in [1.807, 2.05) is 0 Å². The number of rotatable bonds is 3. The quantitative estimate of drug-likeness (QED) is 0.227. The Bertz CT molecular complexity index is 1770. The van der Waals surface area contributed by atoms with E-state index in [2.05, 4.69) is 0 Å². The molecule has 0 aromatic heterocycles. The first-order chi connectivity index (χ1) is 19.8. The molecule has 0 saturated heterocycles. The zero-order valence-corrected chi connectivity index (χ0v) is 23.3. The third-order valence-corrected chi connectivity index (χ3v) is 8.56. The molecule has 0 atom stereocenters. The number of carbonyl (C=O) groups excluding carboxylic acids is 4. The summed E-state index contributed by atoms with van der Waals surface area (Å²) in [4.78, 5) is 53.1. The standard InChI is InChI=1S/C30H23F6N3O4/c1-12-14(3)23(15(4)13(2)22(12)37)39-26(42)19-9-7-17(11-21(19)27(39)43)28(29(31,32)33,30(34,35)36)16-6-8-18-20(10-16)25(41)38(5)24(18)40/h6-11H,37H2,1-5H3. The largest absolute Gasteiger partial charge is 0.411 e. The van der Waals surface area contributed by atoms with Crippen LogP contribution in [-0.2, 0) is 5.41 Å². The molecule has 13 heteroatoms. The van der Waals surface area contributed by atoms with Crippen molar-refractivity contribution in [2.45, 2.75) is 45.5 Å².